The molecule has 1 aliphatic heterocycles. The maximum absolute atomic E-state index is 13.3. The lowest BCUT2D eigenvalue weighted by molar-refractivity contribution is 0.0691. The van der Waals surface area contributed by atoms with E-state index in [0.717, 1.165) is 18.9 Å². The Hall–Kier alpha value is -2.60. The number of ether oxygens (including phenoxy) is 1. The van der Waals surface area contributed by atoms with Crippen LogP contribution in [0.2, 0.25) is 5.02 Å². The van der Waals surface area contributed by atoms with Crippen molar-refractivity contribution in [3.63, 3.8) is 0 Å². The number of halogens is 2. The lowest BCUT2D eigenvalue weighted by Gasteiger charge is -2.25. The summed E-state index contributed by atoms with van der Waals surface area (Å²) in [4.78, 5) is 26.6. The van der Waals surface area contributed by atoms with Gasteiger partial charge in [0.1, 0.15) is 18.2 Å². The van der Waals surface area contributed by atoms with Gasteiger partial charge in [0.25, 0.3) is 11.8 Å². The van der Waals surface area contributed by atoms with Crippen molar-refractivity contribution in [3.05, 3.63) is 64.4 Å². The highest BCUT2D eigenvalue weighted by atomic mass is 35.5. The summed E-state index contributed by atoms with van der Waals surface area (Å²) < 4.78 is 19.1. The topological polar surface area (TPSA) is 58.6 Å². The standard InChI is InChI=1S/C22H24ClFN2O3/c1-14(2)25-21(27)15-5-8-18(9-6-15)29-13-17-4-3-11-26(17)22(28)19-10-7-16(24)12-20(19)23/h5-10,12,14,17H,3-4,11,13H2,1-2H3,(H,25,27)/t17-/m0/s1. The van der Waals surface area contributed by atoms with Crippen LogP contribution in [-0.2, 0) is 0 Å². The van der Waals surface area contributed by atoms with Crippen molar-refractivity contribution in [3.8, 4) is 5.75 Å². The molecule has 29 heavy (non-hydrogen) atoms. The third-order valence-electron chi connectivity index (χ3n) is 4.78. The SMILES string of the molecule is CC(C)NC(=O)c1ccc(OC[C@@H]2CCCN2C(=O)c2ccc(F)cc2Cl)cc1. The van der Waals surface area contributed by atoms with E-state index in [1.807, 2.05) is 13.8 Å². The summed E-state index contributed by atoms with van der Waals surface area (Å²) in [6, 6.07) is 10.7. The Morgan fingerprint density at radius 1 is 1.24 bits per heavy atom. The minimum atomic E-state index is -0.474. The van der Waals surface area contributed by atoms with Crippen molar-refractivity contribution < 1.29 is 18.7 Å². The zero-order valence-electron chi connectivity index (χ0n) is 16.5. The van der Waals surface area contributed by atoms with Gasteiger partial charge < -0.3 is 15.0 Å². The van der Waals surface area contributed by atoms with Crippen LogP contribution in [0.4, 0.5) is 4.39 Å². The summed E-state index contributed by atoms with van der Waals surface area (Å²) in [6.07, 6.45) is 1.69. The molecule has 0 saturated carbocycles. The van der Waals surface area contributed by atoms with Crippen molar-refractivity contribution in [2.45, 2.75) is 38.8 Å². The molecule has 154 valence electrons. The third kappa shape index (κ3) is 5.26. The van der Waals surface area contributed by atoms with Crippen LogP contribution >= 0.6 is 11.6 Å². The van der Waals surface area contributed by atoms with E-state index in [2.05, 4.69) is 5.32 Å². The molecular formula is C22H24ClFN2O3. The molecule has 1 atom stereocenters. The fourth-order valence-electron chi connectivity index (χ4n) is 3.33. The fraction of sp³-hybridized carbons (Fsp3) is 0.364. The molecule has 2 aromatic carbocycles. The lowest BCUT2D eigenvalue weighted by Crippen LogP contribution is -2.39. The van der Waals surface area contributed by atoms with Gasteiger partial charge in [-0.15, -0.1) is 0 Å². The Morgan fingerprint density at radius 3 is 2.62 bits per heavy atom. The molecule has 1 aliphatic rings. The number of benzene rings is 2. The van der Waals surface area contributed by atoms with Crippen LogP contribution in [-0.4, -0.2) is 41.9 Å². The Labute approximate surface area is 174 Å². The zero-order valence-corrected chi connectivity index (χ0v) is 17.2. The van der Waals surface area contributed by atoms with Gasteiger partial charge in [-0.3, -0.25) is 9.59 Å². The molecule has 0 bridgehead atoms. The number of hydrogen-bond donors (Lipinski definition) is 1. The second kappa shape index (κ2) is 9.27. The molecule has 0 aromatic heterocycles. The number of hydrogen-bond acceptors (Lipinski definition) is 3. The van der Waals surface area contributed by atoms with Gasteiger partial charge in [-0.2, -0.15) is 0 Å². The number of carbonyl (C=O) groups is 2. The van der Waals surface area contributed by atoms with Gasteiger partial charge in [0.15, 0.2) is 0 Å². The van der Waals surface area contributed by atoms with Crippen LogP contribution < -0.4 is 10.1 Å². The van der Waals surface area contributed by atoms with E-state index in [0.29, 0.717) is 30.0 Å². The zero-order chi connectivity index (χ0) is 21.0. The van der Waals surface area contributed by atoms with Crippen molar-refractivity contribution in [2.75, 3.05) is 13.2 Å². The highest BCUT2D eigenvalue weighted by Crippen LogP contribution is 2.25. The number of rotatable bonds is 6. The molecule has 3 rings (SSSR count). The molecule has 0 unspecified atom stereocenters. The Morgan fingerprint density at radius 2 is 1.97 bits per heavy atom. The Balaban J connectivity index is 1.61. The van der Waals surface area contributed by atoms with E-state index in [4.69, 9.17) is 16.3 Å². The number of nitrogens with zero attached hydrogens (tertiary/aromatic N) is 1. The quantitative estimate of drug-likeness (QED) is 0.760. The van der Waals surface area contributed by atoms with Gasteiger partial charge in [0.2, 0.25) is 0 Å². The molecule has 2 amide bonds. The van der Waals surface area contributed by atoms with Crippen LogP contribution in [0.25, 0.3) is 0 Å². The van der Waals surface area contributed by atoms with Crippen molar-refractivity contribution in [1.29, 1.82) is 0 Å². The highest BCUT2D eigenvalue weighted by molar-refractivity contribution is 6.33. The van der Waals surface area contributed by atoms with Crippen molar-refractivity contribution in [2.24, 2.45) is 0 Å². The summed E-state index contributed by atoms with van der Waals surface area (Å²) in [7, 11) is 0. The van der Waals surface area contributed by atoms with Crippen LogP contribution in [0, 0.1) is 5.82 Å². The van der Waals surface area contributed by atoms with E-state index in [9.17, 15) is 14.0 Å². The van der Waals surface area contributed by atoms with Gasteiger partial charge in [0, 0.05) is 18.2 Å². The minimum absolute atomic E-state index is 0.0684. The first-order valence-electron chi connectivity index (χ1n) is 9.65. The molecule has 1 heterocycles. The van der Waals surface area contributed by atoms with Crippen LogP contribution in [0.15, 0.2) is 42.5 Å². The maximum atomic E-state index is 13.3. The van der Waals surface area contributed by atoms with Gasteiger partial charge in [-0.1, -0.05) is 11.6 Å². The molecular weight excluding hydrogens is 395 g/mol. The molecule has 2 aromatic rings. The monoisotopic (exact) mass is 418 g/mol. The number of carbonyl (C=O) groups excluding carboxylic acids is 2. The van der Waals surface area contributed by atoms with Gasteiger partial charge in [-0.25, -0.2) is 4.39 Å². The first-order valence-corrected chi connectivity index (χ1v) is 10.0. The van der Waals surface area contributed by atoms with Crippen LogP contribution in [0.3, 0.4) is 0 Å². The molecule has 1 saturated heterocycles. The van der Waals surface area contributed by atoms with Gasteiger partial charge in [0.05, 0.1) is 16.6 Å². The number of likely N-dealkylation sites (tertiary alicyclic amines) is 1. The highest BCUT2D eigenvalue weighted by Gasteiger charge is 2.31. The van der Waals surface area contributed by atoms with Gasteiger partial charge in [-0.05, 0) is 69.2 Å². The smallest absolute Gasteiger partial charge is 0.255 e. The Bertz CT molecular complexity index is 886. The number of amides is 2. The van der Waals surface area contributed by atoms with Crippen molar-refractivity contribution >= 4 is 23.4 Å². The van der Waals surface area contributed by atoms with E-state index in [1.54, 1.807) is 29.2 Å². The molecule has 0 radical (unpaired) electrons. The van der Waals surface area contributed by atoms with E-state index >= 15 is 0 Å². The predicted octanol–water partition coefficient (Wildman–Crippen LogP) is 4.30. The predicted molar refractivity (Wildman–Crippen MR) is 110 cm³/mol. The normalized spacial score (nSPS) is 16.2. The summed E-state index contributed by atoms with van der Waals surface area (Å²) >= 11 is 6.04. The maximum Gasteiger partial charge on any atom is 0.255 e. The lowest BCUT2D eigenvalue weighted by atomic mass is 10.1. The summed E-state index contributed by atoms with van der Waals surface area (Å²) in [5, 5.41) is 2.95. The summed E-state index contributed by atoms with van der Waals surface area (Å²) in [5.74, 6) is -0.194. The molecule has 5 nitrogen and oxygen atoms in total. The second-order valence-electron chi connectivity index (χ2n) is 7.38. The summed E-state index contributed by atoms with van der Waals surface area (Å²) in [6.45, 7) is 4.75. The van der Waals surface area contributed by atoms with Gasteiger partial charge >= 0.3 is 0 Å². The fourth-order valence-corrected chi connectivity index (χ4v) is 3.58. The van der Waals surface area contributed by atoms with Crippen LogP contribution in [0.5, 0.6) is 5.75 Å². The number of nitrogens with one attached hydrogen (secondary N) is 1. The molecule has 0 aliphatic carbocycles. The largest absolute Gasteiger partial charge is 0.491 e. The van der Waals surface area contributed by atoms with E-state index in [-0.39, 0.29) is 28.9 Å². The molecule has 1 fully saturated rings. The average molecular weight is 419 g/mol. The molecule has 7 heteroatoms. The molecule has 0 spiro atoms. The van der Waals surface area contributed by atoms with Crippen LogP contribution in [0.1, 0.15) is 47.4 Å². The minimum Gasteiger partial charge on any atom is -0.491 e. The van der Waals surface area contributed by atoms with E-state index in [1.165, 1.54) is 12.1 Å². The average Bonchev–Trinajstić information content (AvgIpc) is 3.14. The first-order chi connectivity index (χ1) is 13.8. The van der Waals surface area contributed by atoms with Crippen molar-refractivity contribution in [1.82, 2.24) is 10.2 Å². The first kappa shape index (κ1) is 21.1. The molecule has 1 N–H and O–H groups in total. The summed E-state index contributed by atoms with van der Waals surface area (Å²) in [5.41, 5.74) is 0.857. The third-order valence-corrected chi connectivity index (χ3v) is 5.09. The Kier molecular flexibility index (Phi) is 6.75. The van der Waals surface area contributed by atoms with E-state index < -0.39 is 5.82 Å². The second-order valence-corrected chi connectivity index (χ2v) is 7.79.